The van der Waals surface area contributed by atoms with Gasteiger partial charge >= 0.3 is 0 Å². The van der Waals surface area contributed by atoms with Crippen LogP contribution in [0, 0.1) is 0 Å². The first-order valence-electron chi connectivity index (χ1n) is 4.62. The molecule has 0 aromatic carbocycles. The minimum Gasteiger partial charge on any atom is -0.379 e. The molecule has 7 heteroatoms. The summed E-state index contributed by atoms with van der Waals surface area (Å²) in [6.07, 6.45) is 0. The number of nitrogens with zero attached hydrogens (tertiary/aromatic N) is 2. The maximum atomic E-state index is 11.9. The molecule has 0 unspecified atom stereocenters. The van der Waals surface area contributed by atoms with E-state index in [1.165, 1.54) is 8.61 Å². The van der Waals surface area contributed by atoms with E-state index in [1.54, 1.807) is 0 Å². The summed E-state index contributed by atoms with van der Waals surface area (Å²) in [5.74, 6) is 0. The Morgan fingerprint density at radius 1 is 1.14 bits per heavy atom. The molecule has 82 valence electrons. The van der Waals surface area contributed by atoms with Crippen molar-refractivity contribution < 1.29 is 13.2 Å². The van der Waals surface area contributed by atoms with Gasteiger partial charge in [-0.3, -0.25) is 0 Å². The van der Waals surface area contributed by atoms with Crippen LogP contribution in [0.1, 0.15) is 0 Å². The predicted octanol–water partition coefficient (Wildman–Crippen LogP) is -0.823. The van der Waals surface area contributed by atoms with Gasteiger partial charge in [0, 0.05) is 31.4 Å². The van der Waals surface area contributed by atoms with Crippen molar-refractivity contribution in [3.8, 4) is 0 Å². The molecule has 0 atom stereocenters. The van der Waals surface area contributed by atoms with Gasteiger partial charge in [0.25, 0.3) is 10.2 Å². The summed E-state index contributed by atoms with van der Waals surface area (Å²) in [7, 11) is -3.22. The summed E-state index contributed by atoms with van der Waals surface area (Å²) in [6.45, 7) is 2.99. The van der Waals surface area contributed by atoms with E-state index >= 15 is 0 Å². The zero-order valence-corrected chi connectivity index (χ0v) is 9.51. The number of hydrogen-bond donors (Lipinski definition) is 1. The number of ether oxygens (including phenoxy) is 1. The molecule has 0 amide bonds. The second-order valence-corrected chi connectivity index (χ2v) is 6.15. The predicted molar refractivity (Wildman–Crippen MR) is 55.7 cm³/mol. The monoisotopic (exact) mass is 238 g/mol. The first-order chi connectivity index (χ1) is 6.60. The first kappa shape index (κ1) is 10.7. The third kappa shape index (κ3) is 1.92. The molecule has 0 aliphatic carbocycles. The lowest BCUT2D eigenvalue weighted by Gasteiger charge is -2.39. The van der Waals surface area contributed by atoms with Crippen LogP contribution in [-0.2, 0) is 14.9 Å². The van der Waals surface area contributed by atoms with Gasteiger partial charge < -0.3 is 4.74 Å². The molecule has 2 aliphatic heterocycles. The summed E-state index contributed by atoms with van der Waals surface area (Å²) in [6, 6.07) is 0. The Morgan fingerprint density at radius 2 is 1.71 bits per heavy atom. The fourth-order valence-corrected chi connectivity index (χ4v) is 3.83. The Hall–Kier alpha value is 0.180. The van der Waals surface area contributed by atoms with Crippen LogP contribution < -0.4 is 0 Å². The summed E-state index contributed by atoms with van der Waals surface area (Å²) in [4.78, 5) is 0. The van der Waals surface area contributed by atoms with Crippen molar-refractivity contribution in [2.45, 2.75) is 5.25 Å². The van der Waals surface area contributed by atoms with Crippen LogP contribution in [0.15, 0.2) is 0 Å². The van der Waals surface area contributed by atoms with Crippen LogP contribution >= 0.6 is 12.6 Å². The number of thiol groups is 1. The molecular formula is C7H14N2O3S2. The summed E-state index contributed by atoms with van der Waals surface area (Å²) >= 11 is 4.19. The lowest BCUT2D eigenvalue weighted by molar-refractivity contribution is 0.0690. The zero-order chi connectivity index (χ0) is 10.2. The molecule has 0 saturated carbocycles. The van der Waals surface area contributed by atoms with Crippen LogP contribution in [0.25, 0.3) is 0 Å². The molecule has 2 fully saturated rings. The maximum Gasteiger partial charge on any atom is 0.282 e. The highest BCUT2D eigenvalue weighted by molar-refractivity contribution is 7.87. The SMILES string of the molecule is O=S(=O)(N1CCOCC1)N1CC(S)C1. The molecule has 0 aromatic rings. The third-order valence-electron chi connectivity index (χ3n) is 2.45. The van der Waals surface area contributed by atoms with Crippen molar-refractivity contribution in [2.75, 3.05) is 39.4 Å². The Kier molecular flexibility index (Phi) is 3.03. The molecule has 0 bridgehead atoms. The minimum atomic E-state index is -3.22. The smallest absolute Gasteiger partial charge is 0.282 e. The lowest BCUT2D eigenvalue weighted by Crippen LogP contribution is -2.57. The van der Waals surface area contributed by atoms with Gasteiger partial charge in [-0.05, 0) is 0 Å². The largest absolute Gasteiger partial charge is 0.379 e. The van der Waals surface area contributed by atoms with E-state index in [-0.39, 0.29) is 5.25 Å². The Bertz CT molecular complexity index is 294. The quantitative estimate of drug-likeness (QED) is 0.639. The van der Waals surface area contributed by atoms with Crippen molar-refractivity contribution in [2.24, 2.45) is 0 Å². The van der Waals surface area contributed by atoms with Crippen LogP contribution in [0.2, 0.25) is 0 Å². The first-order valence-corrected chi connectivity index (χ1v) is 6.53. The minimum absolute atomic E-state index is 0.200. The normalized spacial score (nSPS) is 27.5. The molecule has 0 spiro atoms. The van der Waals surface area contributed by atoms with Crippen molar-refractivity contribution >= 4 is 22.8 Å². The van der Waals surface area contributed by atoms with Crippen LogP contribution in [0.5, 0.6) is 0 Å². The molecule has 2 heterocycles. The standard InChI is InChI=1S/C7H14N2O3S2/c10-14(11,9-5-7(13)6-9)8-1-3-12-4-2-8/h7,13H,1-6H2. The molecule has 2 saturated heterocycles. The fourth-order valence-electron chi connectivity index (χ4n) is 1.55. The topological polar surface area (TPSA) is 49.9 Å². The number of morpholine rings is 1. The molecule has 0 N–H and O–H groups in total. The Morgan fingerprint density at radius 3 is 2.21 bits per heavy atom. The highest BCUT2D eigenvalue weighted by Crippen LogP contribution is 2.21. The number of rotatable bonds is 2. The second kappa shape index (κ2) is 3.97. The zero-order valence-electron chi connectivity index (χ0n) is 7.79. The van der Waals surface area contributed by atoms with E-state index in [0.29, 0.717) is 39.4 Å². The van der Waals surface area contributed by atoms with Crippen molar-refractivity contribution in [1.29, 1.82) is 0 Å². The lowest BCUT2D eigenvalue weighted by atomic mass is 10.3. The maximum absolute atomic E-state index is 11.9. The molecular weight excluding hydrogens is 224 g/mol. The van der Waals surface area contributed by atoms with Gasteiger partial charge in [-0.1, -0.05) is 0 Å². The van der Waals surface area contributed by atoms with Crippen LogP contribution in [0.3, 0.4) is 0 Å². The molecule has 0 aromatic heterocycles. The van der Waals surface area contributed by atoms with E-state index < -0.39 is 10.2 Å². The molecule has 0 radical (unpaired) electrons. The second-order valence-electron chi connectivity index (χ2n) is 3.49. The van der Waals surface area contributed by atoms with E-state index in [2.05, 4.69) is 12.6 Å². The Balaban J connectivity index is 2.00. The Labute approximate surface area is 89.6 Å². The summed E-state index contributed by atoms with van der Waals surface area (Å²) in [5, 5.41) is 0.200. The molecule has 14 heavy (non-hydrogen) atoms. The molecule has 2 aliphatic rings. The van der Waals surface area contributed by atoms with Crippen LogP contribution in [-0.4, -0.2) is 61.7 Å². The van der Waals surface area contributed by atoms with E-state index in [1.807, 2.05) is 0 Å². The van der Waals surface area contributed by atoms with E-state index in [0.717, 1.165) is 0 Å². The number of hydrogen-bond acceptors (Lipinski definition) is 4. The van der Waals surface area contributed by atoms with Gasteiger partial charge in [0.15, 0.2) is 0 Å². The van der Waals surface area contributed by atoms with Crippen molar-refractivity contribution in [3.63, 3.8) is 0 Å². The van der Waals surface area contributed by atoms with E-state index in [9.17, 15) is 8.42 Å². The highest BCUT2D eigenvalue weighted by atomic mass is 32.2. The van der Waals surface area contributed by atoms with Crippen molar-refractivity contribution in [1.82, 2.24) is 8.61 Å². The molecule has 5 nitrogen and oxygen atoms in total. The van der Waals surface area contributed by atoms with Gasteiger partial charge in [-0.2, -0.15) is 29.7 Å². The van der Waals surface area contributed by atoms with Gasteiger partial charge in [-0.25, -0.2) is 0 Å². The van der Waals surface area contributed by atoms with Gasteiger partial charge in [0.1, 0.15) is 0 Å². The van der Waals surface area contributed by atoms with Crippen molar-refractivity contribution in [3.05, 3.63) is 0 Å². The summed E-state index contributed by atoms with van der Waals surface area (Å²) in [5.41, 5.74) is 0. The van der Waals surface area contributed by atoms with Crippen LogP contribution in [0.4, 0.5) is 0 Å². The third-order valence-corrected chi connectivity index (χ3v) is 4.75. The van der Waals surface area contributed by atoms with Gasteiger partial charge in [-0.15, -0.1) is 0 Å². The van der Waals surface area contributed by atoms with E-state index in [4.69, 9.17) is 4.74 Å². The fraction of sp³-hybridized carbons (Fsp3) is 1.00. The average Bonchev–Trinajstić information content (AvgIpc) is 2.14. The highest BCUT2D eigenvalue weighted by Gasteiger charge is 2.38. The molecule has 2 rings (SSSR count). The average molecular weight is 238 g/mol. The van der Waals surface area contributed by atoms with Gasteiger partial charge in [0.2, 0.25) is 0 Å². The summed E-state index contributed by atoms with van der Waals surface area (Å²) < 4.78 is 31.8. The van der Waals surface area contributed by atoms with Gasteiger partial charge in [0.05, 0.1) is 13.2 Å².